The lowest BCUT2D eigenvalue weighted by Crippen LogP contribution is -2.38. The van der Waals surface area contributed by atoms with Crippen molar-refractivity contribution in [1.82, 2.24) is 20.1 Å². The number of rotatable bonds is 3. The molecule has 1 N–H and O–H groups in total. The third-order valence-electron chi connectivity index (χ3n) is 5.39. The van der Waals surface area contributed by atoms with Crippen molar-refractivity contribution in [3.8, 4) is 11.4 Å². The molecule has 2 atom stereocenters. The predicted molar refractivity (Wildman–Crippen MR) is 92.3 cm³/mol. The van der Waals surface area contributed by atoms with E-state index in [1.807, 2.05) is 30.3 Å². The van der Waals surface area contributed by atoms with Crippen LogP contribution in [0.3, 0.4) is 0 Å². The Labute approximate surface area is 142 Å². The number of likely N-dealkylation sites (tertiary alicyclic amines) is 1. The van der Waals surface area contributed by atoms with Gasteiger partial charge in [0, 0.05) is 30.5 Å². The summed E-state index contributed by atoms with van der Waals surface area (Å²) in [6.45, 7) is 1.85. The second-order valence-corrected chi connectivity index (χ2v) is 6.94. The average molecular weight is 324 g/mol. The highest BCUT2D eigenvalue weighted by atomic mass is 16.2. The fourth-order valence-electron chi connectivity index (χ4n) is 4.08. The number of nitrogens with zero attached hydrogens (tertiary/aromatic N) is 3. The average Bonchev–Trinajstić information content (AvgIpc) is 3.34. The first-order chi connectivity index (χ1) is 11.8. The van der Waals surface area contributed by atoms with Gasteiger partial charge in [-0.1, -0.05) is 43.2 Å². The highest BCUT2D eigenvalue weighted by molar-refractivity contribution is 5.80. The summed E-state index contributed by atoms with van der Waals surface area (Å²) >= 11 is 0. The van der Waals surface area contributed by atoms with Gasteiger partial charge in [-0.3, -0.25) is 9.89 Å². The van der Waals surface area contributed by atoms with E-state index < -0.39 is 0 Å². The Kier molecular flexibility index (Phi) is 4.32. The molecule has 5 nitrogen and oxygen atoms in total. The Bertz CT molecular complexity index is 690. The van der Waals surface area contributed by atoms with Crippen molar-refractivity contribution < 1.29 is 4.79 Å². The number of carbonyl (C=O) groups is 1. The minimum absolute atomic E-state index is 0.0634. The Morgan fingerprint density at radius 3 is 2.58 bits per heavy atom. The Morgan fingerprint density at radius 1 is 1.04 bits per heavy atom. The van der Waals surface area contributed by atoms with Crippen molar-refractivity contribution in [2.24, 2.45) is 5.92 Å². The molecule has 2 aliphatic rings. The van der Waals surface area contributed by atoms with E-state index in [0.717, 1.165) is 68.8 Å². The predicted octanol–water partition coefficient (Wildman–Crippen LogP) is 3.37. The van der Waals surface area contributed by atoms with Crippen molar-refractivity contribution in [3.63, 3.8) is 0 Å². The largest absolute Gasteiger partial charge is 0.342 e. The molecule has 1 saturated carbocycles. The van der Waals surface area contributed by atoms with E-state index in [9.17, 15) is 4.79 Å². The van der Waals surface area contributed by atoms with Crippen LogP contribution in [0.2, 0.25) is 0 Å². The van der Waals surface area contributed by atoms with Gasteiger partial charge in [-0.2, -0.15) is 5.10 Å². The summed E-state index contributed by atoms with van der Waals surface area (Å²) in [6.07, 6.45) is 6.58. The van der Waals surface area contributed by atoms with Gasteiger partial charge in [0.05, 0.1) is 0 Å². The van der Waals surface area contributed by atoms with Crippen molar-refractivity contribution in [3.05, 3.63) is 36.2 Å². The van der Waals surface area contributed by atoms with Gasteiger partial charge < -0.3 is 4.90 Å². The smallest absolute Gasteiger partial charge is 0.226 e. The minimum Gasteiger partial charge on any atom is -0.342 e. The van der Waals surface area contributed by atoms with E-state index in [2.05, 4.69) is 15.1 Å². The lowest BCUT2D eigenvalue weighted by molar-refractivity contribution is -0.136. The Hall–Kier alpha value is -2.17. The van der Waals surface area contributed by atoms with Crippen LogP contribution in [0.4, 0.5) is 0 Å². The van der Waals surface area contributed by atoms with Crippen LogP contribution >= 0.6 is 0 Å². The van der Waals surface area contributed by atoms with Gasteiger partial charge in [0.25, 0.3) is 0 Å². The molecule has 1 aromatic carbocycles. The number of carbonyl (C=O) groups excluding carboxylic acids is 1. The molecule has 2 heterocycles. The van der Waals surface area contributed by atoms with Gasteiger partial charge in [-0.25, -0.2) is 4.98 Å². The number of hydrogen-bond donors (Lipinski definition) is 1. The lowest BCUT2D eigenvalue weighted by Gasteiger charge is -2.32. The molecular formula is C19H24N4O. The van der Waals surface area contributed by atoms with Crippen LogP contribution in [0.5, 0.6) is 0 Å². The van der Waals surface area contributed by atoms with E-state index in [1.54, 1.807) is 0 Å². The molecule has 0 unspecified atom stereocenters. The highest BCUT2D eigenvalue weighted by Crippen LogP contribution is 2.38. The summed E-state index contributed by atoms with van der Waals surface area (Å²) in [5.41, 5.74) is 1.01. The maximum absolute atomic E-state index is 12.9. The van der Waals surface area contributed by atoms with Crippen LogP contribution in [-0.2, 0) is 4.79 Å². The quantitative estimate of drug-likeness (QED) is 0.941. The molecular weight excluding hydrogens is 300 g/mol. The van der Waals surface area contributed by atoms with Gasteiger partial charge >= 0.3 is 0 Å². The highest BCUT2D eigenvalue weighted by Gasteiger charge is 2.37. The zero-order valence-electron chi connectivity index (χ0n) is 13.9. The number of benzene rings is 1. The molecule has 1 amide bonds. The monoisotopic (exact) mass is 324 g/mol. The van der Waals surface area contributed by atoms with E-state index >= 15 is 0 Å². The van der Waals surface area contributed by atoms with Crippen LogP contribution in [0, 0.1) is 5.92 Å². The molecule has 0 spiro atoms. The van der Waals surface area contributed by atoms with Crippen molar-refractivity contribution >= 4 is 5.91 Å². The number of nitrogens with one attached hydrogen (secondary N) is 1. The third kappa shape index (κ3) is 2.95. The van der Waals surface area contributed by atoms with Gasteiger partial charge in [0.2, 0.25) is 5.91 Å². The molecule has 4 rings (SSSR count). The van der Waals surface area contributed by atoms with E-state index in [4.69, 9.17) is 4.98 Å². The molecule has 2 fully saturated rings. The first-order valence-electron chi connectivity index (χ1n) is 9.09. The number of aromatic amines is 1. The first kappa shape index (κ1) is 15.4. The van der Waals surface area contributed by atoms with Gasteiger partial charge in [-0.15, -0.1) is 0 Å². The SMILES string of the molecule is O=C([C@@H]1CCCC[C@@H]1c1nc(-c2ccccc2)n[nH]1)N1CCCC1. The summed E-state index contributed by atoms with van der Waals surface area (Å²) in [6, 6.07) is 10.0. The fraction of sp³-hybridized carbons (Fsp3) is 0.526. The first-order valence-corrected chi connectivity index (χ1v) is 9.09. The summed E-state index contributed by atoms with van der Waals surface area (Å²) in [5.74, 6) is 2.18. The maximum Gasteiger partial charge on any atom is 0.226 e. The maximum atomic E-state index is 12.9. The molecule has 1 saturated heterocycles. The number of hydrogen-bond acceptors (Lipinski definition) is 3. The van der Waals surface area contributed by atoms with Crippen molar-refractivity contribution in [2.45, 2.75) is 44.4 Å². The second kappa shape index (κ2) is 6.75. The molecule has 0 radical (unpaired) electrons. The second-order valence-electron chi connectivity index (χ2n) is 6.94. The molecule has 2 aromatic rings. The van der Waals surface area contributed by atoms with Crippen molar-refractivity contribution in [1.29, 1.82) is 0 Å². The van der Waals surface area contributed by atoms with Crippen molar-refractivity contribution in [2.75, 3.05) is 13.1 Å². The van der Waals surface area contributed by atoms with Crippen LogP contribution < -0.4 is 0 Å². The number of aromatic nitrogens is 3. The van der Waals surface area contributed by atoms with Gasteiger partial charge in [0.15, 0.2) is 5.82 Å². The summed E-state index contributed by atoms with van der Waals surface area (Å²) in [4.78, 5) is 19.7. The molecule has 1 aliphatic carbocycles. The summed E-state index contributed by atoms with van der Waals surface area (Å²) < 4.78 is 0. The Morgan fingerprint density at radius 2 is 1.79 bits per heavy atom. The topological polar surface area (TPSA) is 61.9 Å². The molecule has 5 heteroatoms. The van der Waals surface area contributed by atoms with Gasteiger partial charge in [-0.05, 0) is 25.7 Å². The molecule has 1 aromatic heterocycles. The van der Waals surface area contributed by atoms with E-state index in [1.165, 1.54) is 0 Å². The Balaban J connectivity index is 1.57. The molecule has 24 heavy (non-hydrogen) atoms. The normalized spacial score (nSPS) is 24.2. The number of amides is 1. The zero-order chi connectivity index (χ0) is 16.4. The summed E-state index contributed by atoms with van der Waals surface area (Å²) in [5, 5.41) is 7.51. The minimum atomic E-state index is 0.0634. The summed E-state index contributed by atoms with van der Waals surface area (Å²) in [7, 11) is 0. The zero-order valence-corrected chi connectivity index (χ0v) is 13.9. The van der Waals surface area contributed by atoms with Crippen LogP contribution in [-0.4, -0.2) is 39.1 Å². The van der Waals surface area contributed by atoms with Crippen LogP contribution in [0.25, 0.3) is 11.4 Å². The number of H-pyrrole nitrogens is 1. The molecule has 1 aliphatic heterocycles. The fourth-order valence-corrected chi connectivity index (χ4v) is 4.08. The lowest BCUT2D eigenvalue weighted by atomic mass is 9.78. The van der Waals surface area contributed by atoms with E-state index in [0.29, 0.717) is 5.91 Å². The molecule has 0 bridgehead atoms. The van der Waals surface area contributed by atoms with E-state index in [-0.39, 0.29) is 11.8 Å². The third-order valence-corrected chi connectivity index (χ3v) is 5.39. The molecule has 126 valence electrons. The van der Waals surface area contributed by atoms with Crippen LogP contribution in [0.1, 0.15) is 50.3 Å². The van der Waals surface area contributed by atoms with Crippen LogP contribution in [0.15, 0.2) is 30.3 Å². The van der Waals surface area contributed by atoms with Gasteiger partial charge in [0.1, 0.15) is 5.82 Å². The standard InChI is InChI=1S/C19H24N4O/c24-19(23-12-6-7-13-23)16-11-5-4-10-15(16)18-20-17(21-22-18)14-8-2-1-3-9-14/h1-3,8-9,15-16H,4-7,10-13H2,(H,20,21,22)/t15-,16+/m0/s1.